The van der Waals surface area contributed by atoms with E-state index in [1.165, 1.54) is 19.3 Å². The third kappa shape index (κ3) is 2.01. The Labute approximate surface area is 123 Å². The minimum atomic E-state index is -0.198. The van der Waals surface area contributed by atoms with E-state index in [4.69, 9.17) is 0 Å². The van der Waals surface area contributed by atoms with Crippen molar-refractivity contribution < 1.29 is 4.39 Å². The number of nitrogens with one attached hydrogen (secondary N) is 1. The quantitative estimate of drug-likeness (QED) is 0.786. The lowest BCUT2D eigenvalue weighted by atomic mass is 9.68. The SMILES string of the molecule is CC1(C)C(Nc2ccc(Br)c(F)c2)[C@]2(C)CC[C@H]1C2. The van der Waals surface area contributed by atoms with E-state index in [2.05, 4.69) is 42.0 Å². The Balaban J connectivity index is 1.88. The van der Waals surface area contributed by atoms with Crippen molar-refractivity contribution in [1.82, 2.24) is 0 Å². The molecule has 1 nitrogen and oxygen atoms in total. The van der Waals surface area contributed by atoms with Gasteiger partial charge in [-0.2, -0.15) is 0 Å². The Hall–Kier alpha value is -0.570. The molecule has 2 bridgehead atoms. The van der Waals surface area contributed by atoms with Gasteiger partial charge in [-0.1, -0.05) is 20.8 Å². The lowest BCUT2D eigenvalue weighted by Crippen LogP contribution is -2.45. The van der Waals surface area contributed by atoms with Crippen LogP contribution < -0.4 is 5.32 Å². The largest absolute Gasteiger partial charge is 0.381 e. The molecule has 3 heteroatoms. The molecule has 104 valence electrons. The molecular weight excluding hydrogens is 305 g/mol. The van der Waals surface area contributed by atoms with E-state index in [0.29, 0.717) is 15.9 Å². The molecule has 3 atom stereocenters. The zero-order chi connectivity index (χ0) is 13.8. The Morgan fingerprint density at radius 2 is 2.05 bits per heavy atom. The summed E-state index contributed by atoms with van der Waals surface area (Å²) in [5, 5.41) is 3.61. The maximum absolute atomic E-state index is 13.6. The summed E-state index contributed by atoms with van der Waals surface area (Å²) >= 11 is 3.20. The van der Waals surface area contributed by atoms with Crippen molar-refractivity contribution in [2.75, 3.05) is 5.32 Å². The first kappa shape index (κ1) is 13.4. The summed E-state index contributed by atoms with van der Waals surface area (Å²) in [5.74, 6) is 0.603. The highest BCUT2D eigenvalue weighted by Crippen LogP contribution is 2.63. The molecule has 0 radical (unpaired) electrons. The molecule has 2 aliphatic rings. The Kier molecular flexibility index (Phi) is 2.97. The molecule has 1 aromatic rings. The van der Waals surface area contributed by atoms with Crippen molar-refractivity contribution in [3.63, 3.8) is 0 Å². The molecule has 0 amide bonds. The first-order chi connectivity index (χ1) is 8.83. The van der Waals surface area contributed by atoms with E-state index >= 15 is 0 Å². The maximum Gasteiger partial charge on any atom is 0.139 e. The first-order valence-corrected chi connectivity index (χ1v) is 7.84. The van der Waals surface area contributed by atoms with Crippen molar-refractivity contribution in [3.05, 3.63) is 28.5 Å². The van der Waals surface area contributed by atoms with Crippen LogP contribution in [0.1, 0.15) is 40.0 Å². The molecule has 0 spiro atoms. The van der Waals surface area contributed by atoms with Crippen molar-refractivity contribution in [1.29, 1.82) is 0 Å². The monoisotopic (exact) mass is 325 g/mol. The highest BCUT2D eigenvalue weighted by molar-refractivity contribution is 9.10. The van der Waals surface area contributed by atoms with Gasteiger partial charge in [-0.05, 0) is 70.1 Å². The average molecular weight is 326 g/mol. The van der Waals surface area contributed by atoms with Crippen LogP contribution in [-0.2, 0) is 0 Å². The van der Waals surface area contributed by atoms with Gasteiger partial charge in [-0.3, -0.25) is 0 Å². The van der Waals surface area contributed by atoms with Gasteiger partial charge in [0.15, 0.2) is 0 Å². The Bertz CT molecular complexity index is 509. The first-order valence-electron chi connectivity index (χ1n) is 7.04. The number of hydrogen-bond donors (Lipinski definition) is 1. The standard InChI is InChI=1S/C16H21BrFN/c1-15(2)10-6-7-16(3,9-10)14(15)19-11-4-5-12(17)13(18)8-11/h4-5,8,10,14,19H,6-7,9H2,1-3H3/t10-,14?,16+/m0/s1. The van der Waals surface area contributed by atoms with Gasteiger partial charge in [0.25, 0.3) is 0 Å². The molecule has 3 rings (SSSR count). The fourth-order valence-electron chi connectivity index (χ4n) is 4.41. The number of fused-ring (bicyclic) bond motifs is 2. The molecule has 0 heterocycles. The van der Waals surface area contributed by atoms with Crippen LogP contribution in [0.15, 0.2) is 22.7 Å². The second-order valence-electron chi connectivity index (χ2n) is 7.12. The van der Waals surface area contributed by atoms with Crippen molar-refractivity contribution >= 4 is 21.6 Å². The van der Waals surface area contributed by atoms with Crippen LogP contribution in [0.4, 0.5) is 10.1 Å². The smallest absolute Gasteiger partial charge is 0.139 e. The van der Waals surface area contributed by atoms with Gasteiger partial charge in [0.05, 0.1) is 4.47 Å². The van der Waals surface area contributed by atoms with Crippen molar-refractivity contribution in [3.8, 4) is 0 Å². The number of rotatable bonds is 2. The molecule has 0 saturated heterocycles. The second-order valence-corrected chi connectivity index (χ2v) is 7.98. The van der Waals surface area contributed by atoms with E-state index in [1.807, 2.05) is 6.07 Å². The van der Waals surface area contributed by atoms with Crippen LogP contribution in [-0.4, -0.2) is 6.04 Å². The van der Waals surface area contributed by atoms with Crippen molar-refractivity contribution in [2.24, 2.45) is 16.7 Å². The average Bonchev–Trinajstić information content (AvgIpc) is 2.80. The summed E-state index contributed by atoms with van der Waals surface area (Å²) < 4.78 is 14.2. The number of halogens is 2. The van der Waals surface area contributed by atoms with Gasteiger partial charge in [-0.25, -0.2) is 4.39 Å². The summed E-state index contributed by atoms with van der Waals surface area (Å²) in [6, 6.07) is 5.76. The van der Waals surface area contributed by atoms with Gasteiger partial charge in [0.2, 0.25) is 0 Å². The minimum Gasteiger partial charge on any atom is -0.381 e. The summed E-state index contributed by atoms with van der Waals surface area (Å²) in [6.45, 7) is 7.10. The topological polar surface area (TPSA) is 12.0 Å². The fraction of sp³-hybridized carbons (Fsp3) is 0.625. The molecule has 1 N–H and O–H groups in total. The highest BCUT2D eigenvalue weighted by Gasteiger charge is 2.59. The molecule has 2 aliphatic carbocycles. The van der Waals surface area contributed by atoms with Crippen LogP contribution >= 0.6 is 15.9 Å². The predicted molar refractivity (Wildman–Crippen MR) is 80.7 cm³/mol. The zero-order valence-corrected chi connectivity index (χ0v) is 13.3. The minimum absolute atomic E-state index is 0.198. The third-order valence-corrected chi connectivity index (χ3v) is 6.14. The Morgan fingerprint density at radius 1 is 1.32 bits per heavy atom. The summed E-state index contributed by atoms with van der Waals surface area (Å²) in [7, 11) is 0. The van der Waals surface area contributed by atoms with Gasteiger partial charge in [0, 0.05) is 11.7 Å². The maximum atomic E-state index is 13.6. The molecule has 1 unspecified atom stereocenters. The number of hydrogen-bond acceptors (Lipinski definition) is 1. The van der Waals surface area contributed by atoms with E-state index < -0.39 is 0 Å². The van der Waals surface area contributed by atoms with Gasteiger partial charge in [-0.15, -0.1) is 0 Å². The molecule has 19 heavy (non-hydrogen) atoms. The fourth-order valence-corrected chi connectivity index (χ4v) is 4.66. The van der Waals surface area contributed by atoms with Gasteiger partial charge in [0.1, 0.15) is 5.82 Å². The lowest BCUT2D eigenvalue weighted by Gasteiger charge is -2.43. The van der Waals surface area contributed by atoms with E-state index in [-0.39, 0.29) is 11.2 Å². The zero-order valence-electron chi connectivity index (χ0n) is 11.8. The molecule has 1 aromatic carbocycles. The van der Waals surface area contributed by atoms with E-state index in [9.17, 15) is 4.39 Å². The summed E-state index contributed by atoms with van der Waals surface area (Å²) in [5.41, 5.74) is 1.54. The second kappa shape index (κ2) is 4.21. The Morgan fingerprint density at radius 3 is 2.63 bits per heavy atom. The molecule has 0 aliphatic heterocycles. The van der Waals surface area contributed by atoms with E-state index in [1.54, 1.807) is 12.1 Å². The predicted octanol–water partition coefficient (Wildman–Crippen LogP) is 5.21. The molecule has 2 saturated carbocycles. The molecular formula is C16H21BrFN. The summed E-state index contributed by atoms with van der Waals surface area (Å²) in [4.78, 5) is 0. The van der Waals surface area contributed by atoms with Crippen molar-refractivity contribution in [2.45, 2.75) is 46.1 Å². The number of benzene rings is 1. The van der Waals surface area contributed by atoms with Gasteiger partial charge < -0.3 is 5.32 Å². The van der Waals surface area contributed by atoms with E-state index in [0.717, 1.165) is 11.6 Å². The third-order valence-electron chi connectivity index (χ3n) is 5.50. The highest BCUT2D eigenvalue weighted by atomic mass is 79.9. The van der Waals surface area contributed by atoms with Gasteiger partial charge >= 0.3 is 0 Å². The molecule has 2 fully saturated rings. The lowest BCUT2D eigenvalue weighted by molar-refractivity contribution is 0.155. The van der Waals surface area contributed by atoms with Crippen LogP contribution in [0.3, 0.4) is 0 Å². The van der Waals surface area contributed by atoms with Crippen LogP contribution in [0.25, 0.3) is 0 Å². The normalized spacial score (nSPS) is 35.6. The molecule has 0 aromatic heterocycles. The summed E-state index contributed by atoms with van der Waals surface area (Å²) in [6.07, 6.45) is 3.94. The number of anilines is 1. The van der Waals surface area contributed by atoms with Crippen LogP contribution in [0.5, 0.6) is 0 Å². The van der Waals surface area contributed by atoms with Crippen LogP contribution in [0, 0.1) is 22.6 Å². The van der Waals surface area contributed by atoms with Crippen LogP contribution in [0.2, 0.25) is 0 Å².